The smallest absolute Gasteiger partial charge is 0.134 e. The normalized spacial score (nSPS) is 17.0. The fourth-order valence-electron chi connectivity index (χ4n) is 1.76. The van der Waals surface area contributed by atoms with Crippen molar-refractivity contribution in [3.63, 3.8) is 0 Å². The van der Waals surface area contributed by atoms with E-state index in [1.165, 1.54) is 4.70 Å². The maximum absolute atomic E-state index is 10.9. The van der Waals surface area contributed by atoms with Crippen molar-refractivity contribution in [2.45, 2.75) is 18.8 Å². The summed E-state index contributed by atoms with van der Waals surface area (Å²) in [5.74, 6) is 0.745. The van der Waals surface area contributed by atoms with Gasteiger partial charge >= 0.3 is 0 Å². The molecule has 3 rings (SSSR count). The first-order valence-corrected chi connectivity index (χ1v) is 6.41. The van der Waals surface area contributed by atoms with Gasteiger partial charge in [0, 0.05) is 23.2 Å². The van der Waals surface area contributed by atoms with Crippen LogP contribution in [0, 0.1) is 0 Å². The minimum Gasteiger partial charge on any atom is -0.300 e. The molecule has 1 aromatic heterocycles. The van der Waals surface area contributed by atoms with Crippen LogP contribution in [0.4, 0.5) is 0 Å². The summed E-state index contributed by atoms with van der Waals surface area (Å²) >= 11 is 5.15. The molecule has 0 radical (unpaired) electrons. The number of carbonyl (C=O) groups is 1. The van der Waals surface area contributed by atoms with Crippen LogP contribution in [0.3, 0.4) is 0 Å². The van der Waals surface area contributed by atoms with Crippen molar-refractivity contribution >= 4 is 43.3 Å². The molecule has 0 N–H and O–H groups in total. The topological polar surface area (TPSA) is 30.0 Å². The zero-order valence-corrected chi connectivity index (χ0v) is 10.3. The van der Waals surface area contributed by atoms with E-state index in [0.717, 1.165) is 15.0 Å². The Morgan fingerprint density at radius 1 is 1.40 bits per heavy atom. The van der Waals surface area contributed by atoms with Gasteiger partial charge in [-0.15, -0.1) is 11.3 Å². The zero-order chi connectivity index (χ0) is 10.4. The van der Waals surface area contributed by atoms with E-state index in [4.69, 9.17) is 0 Å². The maximum atomic E-state index is 10.9. The zero-order valence-electron chi connectivity index (χ0n) is 7.87. The first kappa shape index (κ1) is 9.48. The fraction of sp³-hybridized carbons (Fsp3) is 0.273. The average Bonchev–Trinajstić information content (AvgIpc) is 2.55. The highest BCUT2D eigenvalue weighted by atomic mass is 79.9. The number of rotatable bonds is 1. The molecule has 0 atom stereocenters. The number of hydrogen-bond acceptors (Lipinski definition) is 3. The Kier molecular flexibility index (Phi) is 2.14. The van der Waals surface area contributed by atoms with Crippen LogP contribution in [-0.2, 0) is 4.79 Å². The van der Waals surface area contributed by atoms with Gasteiger partial charge in [-0.2, -0.15) is 0 Å². The van der Waals surface area contributed by atoms with Gasteiger partial charge in [0.25, 0.3) is 0 Å². The summed E-state index contributed by atoms with van der Waals surface area (Å²) < 4.78 is 2.27. The second-order valence-electron chi connectivity index (χ2n) is 3.81. The lowest BCUT2D eigenvalue weighted by Crippen LogP contribution is -2.20. The van der Waals surface area contributed by atoms with E-state index < -0.39 is 0 Å². The third-order valence-corrected chi connectivity index (χ3v) is 4.34. The summed E-state index contributed by atoms with van der Waals surface area (Å²) in [6.45, 7) is 0. The number of carbonyl (C=O) groups excluding carboxylic acids is 1. The molecule has 1 heterocycles. The number of Topliss-reactive ketones (excluding diaryl/α,β-unsaturated/α-hetero) is 1. The van der Waals surface area contributed by atoms with E-state index in [9.17, 15) is 4.79 Å². The molecule has 0 amide bonds. The summed E-state index contributed by atoms with van der Waals surface area (Å²) in [5, 5.41) is 1.11. The number of thiazole rings is 1. The molecule has 1 aromatic carbocycles. The largest absolute Gasteiger partial charge is 0.300 e. The highest BCUT2D eigenvalue weighted by Crippen LogP contribution is 2.38. The summed E-state index contributed by atoms with van der Waals surface area (Å²) in [6, 6.07) is 6.09. The standard InChI is InChI=1S/C11H8BrNOS/c12-7-1-2-9-10(5-7)15-11(13-9)6-3-8(14)4-6/h1-2,5-6H,3-4H2. The molecule has 1 aliphatic carbocycles. The van der Waals surface area contributed by atoms with Crippen molar-refractivity contribution in [2.24, 2.45) is 0 Å². The molecular formula is C11H8BrNOS. The molecule has 15 heavy (non-hydrogen) atoms. The molecule has 1 aliphatic rings. The third kappa shape index (κ3) is 1.62. The van der Waals surface area contributed by atoms with Crippen molar-refractivity contribution in [2.75, 3.05) is 0 Å². The molecule has 0 unspecified atom stereocenters. The number of benzene rings is 1. The van der Waals surface area contributed by atoms with E-state index in [-0.39, 0.29) is 0 Å². The van der Waals surface area contributed by atoms with Crippen molar-refractivity contribution < 1.29 is 4.79 Å². The van der Waals surface area contributed by atoms with Crippen LogP contribution in [0.15, 0.2) is 22.7 Å². The summed E-state index contributed by atoms with van der Waals surface area (Å²) in [4.78, 5) is 15.5. The van der Waals surface area contributed by atoms with Crippen molar-refractivity contribution in [1.29, 1.82) is 0 Å². The van der Waals surface area contributed by atoms with E-state index in [0.29, 0.717) is 24.5 Å². The Morgan fingerprint density at radius 2 is 2.20 bits per heavy atom. The number of hydrogen-bond donors (Lipinski definition) is 0. The molecule has 0 aliphatic heterocycles. The molecule has 0 bridgehead atoms. The van der Waals surface area contributed by atoms with Gasteiger partial charge in [0.1, 0.15) is 5.78 Å². The summed E-state index contributed by atoms with van der Waals surface area (Å²) in [7, 11) is 0. The van der Waals surface area contributed by atoms with E-state index in [1.807, 2.05) is 12.1 Å². The highest BCUT2D eigenvalue weighted by Gasteiger charge is 2.30. The molecule has 2 nitrogen and oxygen atoms in total. The van der Waals surface area contributed by atoms with Crippen molar-refractivity contribution in [3.05, 3.63) is 27.7 Å². The predicted octanol–water partition coefficient (Wildman–Crippen LogP) is 3.51. The Balaban J connectivity index is 2.03. The summed E-state index contributed by atoms with van der Waals surface area (Å²) in [5.41, 5.74) is 1.04. The monoisotopic (exact) mass is 281 g/mol. The Labute approximate surface area is 99.5 Å². The van der Waals surface area contributed by atoms with E-state index in [2.05, 4.69) is 27.0 Å². The van der Waals surface area contributed by atoms with Gasteiger partial charge < -0.3 is 0 Å². The van der Waals surface area contributed by atoms with Gasteiger partial charge in [-0.05, 0) is 18.2 Å². The van der Waals surface area contributed by atoms with Crippen LogP contribution in [0.25, 0.3) is 10.2 Å². The van der Waals surface area contributed by atoms with Crippen LogP contribution < -0.4 is 0 Å². The van der Waals surface area contributed by atoms with Crippen LogP contribution >= 0.6 is 27.3 Å². The van der Waals surface area contributed by atoms with E-state index >= 15 is 0 Å². The van der Waals surface area contributed by atoms with E-state index in [1.54, 1.807) is 11.3 Å². The van der Waals surface area contributed by atoms with Gasteiger partial charge in [-0.3, -0.25) is 4.79 Å². The molecule has 0 spiro atoms. The van der Waals surface area contributed by atoms with Crippen molar-refractivity contribution in [1.82, 2.24) is 4.98 Å². The lowest BCUT2D eigenvalue weighted by molar-refractivity contribution is -0.124. The molecular weight excluding hydrogens is 274 g/mol. The van der Waals surface area contributed by atoms with Gasteiger partial charge in [0.2, 0.25) is 0 Å². The molecule has 76 valence electrons. The van der Waals surface area contributed by atoms with Crippen LogP contribution in [-0.4, -0.2) is 10.8 Å². The van der Waals surface area contributed by atoms with Crippen molar-refractivity contribution in [3.8, 4) is 0 Å². The molecule has 1 fully saturated rings. The third-order valence-electron chi connectivity index (χ3n) is 2.66. The fourth-order valence-corrected chi connectivity index (χ4v) is 3.37. The number of fused-ring (bicyclic) bond motifs is 1. The first-order valence-electron chi connectivity index (χ1n) is 4.80. The lowest BCUT2D eigenvalue weighted by Gasteiger charge is -2.20. The number of halogens is 1. The Hall–Kier alpha value is -0.740. The second kappa shape index (κ2) is 3.39. The minimum atomic E-state index is 0.362. The second-order valence-corrected chi connectivity index (χ2v) is 5.79. The van der Waals surface area contributed by atoms with Gasteiger partial charge in [0.15, 0.2) is 0 Å². The van der Waals surface area contributed by atoms with Gasteiger partial charge in [-0.25, -0.2) is 4.98 Å². The van der Waals surface area contributed by atoms with Crippen LogP contribution in [0.1, 0.15) is 23.8 Å². The number of ketones is 1. The lowest BCUT2D eigenvalue weighted by atomic mass is 9.85. The van der Waals surface area contributed by atoms with Crippen LogP contribution in [0.5, 0.6) is 0 Å². The van der Waals surface area contributed by atoms with Crippen LogP contribution in [0.2, 0.25) is 0 Å². The molecule has 0 saturated heterocycles. The number of nitrogens with zero attached hydrogens (tertiary/aromatic N) is 1. The Bertz CT molecular complexity index is 541. The molecule has 1 saturated carbocycles. The van der Waals surface area contributed by atoms with Gasteiger partial charge in [-0.1, -0.05) is 15.9 Å². The summed E-state index contributed by atoms with van der Waals surface area (Å²) in [6.07, 6.45) is 1.36. The highest BCUT2D eigenvalue weighted by molar-refractivity contribution is 9.10. The van der Waals surface area contributed by atoms with Gasteiger partial charge in [0.05, 0.1) is 15.2 Å². The average molecular weight is 282 g/mol. The molecule has 2 aromatic rings. The first-order chi connectivity index (χ1) is 7.22. The maximum Gasteiger partial charge on any atom is 0.134 e. The Morgan fingerprint density at radius 3 is 2.93 bits per heavy atom. The minimum absolute atomic E-state index is 0.362. The quantitative estimate of drug-likeness (QED) is 0.801. The molecule has 4 heteroatoms. The predicted molar refractivity (Wildman–Crippen MR) is 64.3 cm³/mol. The number of aromatic nitrogens is 1. The SMILES string of the molecule is O=C1CC(c2nc3ccc(Br)cc3s2)C1.